The van der Waals surface area contributed by atoms with Crippen molar-refractivity contribution in [1.82, 2.24) is 9.78 Å². The van der Waals surface area contributed by atoms with E-state index in [1.54, 1.807) is 24.3 Å². The van der Waals surface area contributed by atoms with Gasteiger partial charge in [-0.05, 0) is 24.3 Å². The van der Waals surface area contributed by atoms with Crippen molar-refractivity contribution in [2.45, 2.75) is 0 Å². The lowest BCUT2D eigenvalue weighted by Crippen LogP contribution is -1.99. The van der Waals surface area contributed by atoms with Gasteiger partial charge in [0.1, 0.15) is 10.7 Å². The van der Waals surface area contributed by atoms with Gasteiger partial charge < -0.3 is 5.11 Å². The third-order valence-electron chi connectivity index (χ3n) is 2.18. The van der Waals surface area contributed by atoms with Crippen LogP contribution in [0.2, 0.25) is 5.15 Å². The maximum Gasteiger partial charge on any atom is 0.340 e. The summed E-state index contributed by atoms with van der Waals surface area (Å²) < 4.78 is 1.30. The highest BCUT2D eigenvalue weighted by molar-refractivity contribution is 6.32. The number of benzene rings is 1. The van der Waals surface area contributed by atoms with E-state index >= 15 is 0 Å². The number of hydrogen-bond acceptors (Lipinski definition) is 3. The smallest absolute Gasteiger partial charge is 0.340 e. The van der Waals surface area contributed by atoms with Gasteiger partial charge in [0.05, 0.1) is 23.5 Å². The van der Waals surface area contributed by atoms with Crippen LogP contribution < -0.4 is 0 Å². The van der Waals surface area contributed by atoms with Crippen LogP contribution in [0.3, 0.4) is 0 Å². The highest BCUT2D eigenvalue weighted by Crippen LogP contribution is 2.20. The van der Waals surface area contributed by atoms with Crippen LogP contribution in [-0.4, -0.2) is 20.9 Å². The summed E-state index contributed by atoms with van der Waals surface area (Å²) in [6, 6.07) is 8.48. The van der Waals surface area contributed by atoms with Gasteiger partial charge in [0.25, 0.3) is 0 Å². The molecule has 0 saturated carbocycles. The second-order valence-corrected chi connectivity index (χ2v) is 3.58. The average molecular weight is 248 g/mol. The molecule has 84 valence electrons. The quantitative estimate of drug-likeness (QED) is 0.881. The fourth-order valence-electron chi connectivity index (χ4n) is 1.33. The van der Waals surface area contributed by atoms with Crippen LogP contribution >= 0.6 is 11.6 Å². The molecule has 0 spiro atoms. The monoisotopic (exact) mass is 247 g/mol. The first-order chi connectivity index (χ1) is 8.13. The second-order valence-electron chi connectivity index (χ2n) is 3.22. The minimum atomic E-state index is -1.13. The molecule has 2 aromatic rings. The number of rotatable bonds is 2. The molecule has 0 fully saturated rings. The van der Waals surface area contributed by atoms with Gasteiger partial charge in [0.2, 0.25) is 0 Å². The van der Waals surface area contributed by atoms with Crippen molar-refractivity contribution in [1.29, 1.82) is 5.26 Å². The molecule has 0 radical (unpaired) electrons. The molecule has 0 aliphatic carbocycles. The van der Waals surface area contributed by atoms with E-state index in [4.69, 9.17) is 22.0 Å². The lowest BCUT2D eigenvalue weighted by molar-refractivity contribution is 0.0697. The molecule has 0 bridgehead atoms. The minimum Gasteiger partial charge on any atom is -0.478 e. The SMILES string of the molecule is N#Cc1ccc(-n2ncc(C(=O)O)c2Cl)cc1. The Morgan fingerprint density at radius 3 is 2.53 bits per heavy atom. The number of aromatic carboxylic acids is 1. The van der Waals surface area contributed by atoms with Crippen LogP contribution in [0.5, 0.6) is 0 Å². The summed E-state index contributed by atoms with van der Waals surface area (Å²) in [5, 5.41) is 21.4. The van der Waals surface area contributed by atoms with E-state index in [2.05, 4.69) is 5.10 Å². The van der Waals surface area contributed by atoms with Crippen LogP contribution in [0, 0.1) is 11.3 Å². The second kappa shape index (κ2) is 4.28. The molecular formula is C11H6ClN3O2. The summed E-state index contributed by atoms with van der Waals surface area (Å²) in [5.41, 5.74) is 1.05. The van der Waals surface area contributed by atoms with Crippen molar-refractivity contribution in [3.63, 3.8) is 0 Å². The van der Waals surface area contributed by atoms with Crippen molar-refractivity contribution in [3.8, 4) is 11.8 Å². The molecule has 6 heteroatoms. The van der Waals surface area contributed by atoms with Gasteiger partial charge in [0, 0.05) is 0 Å². The summed E-state index contributed by atoms with van der Waals surface area (Å²) in [7, 11) is 0. The lowest BCUT2D eigenvalue weighted by Gasteiger charge is -2.02. The van der Waals surface area contributed by atoms with E-state index in [1.165, 1.54) is 10.9 Å². The van der Waals surface area contributed by atoms with E-state index in [9.17, 15) is 4.79 Å². The summed E-state index contributed by atoms with van der Waals surface area (Å²) in [6.45, 7) is 0. The first kappa shape index (κ1) is 11.2. The zero-order valence-corrected chi connectivity index (χ0v) is 9.22. The molecule has 2 rings (SSSR count). The molecule has 0 unspecified atom stereocenters. The van der Waals surface area contributed by atoms with Crippen molar-refractivity contribution < 1.29 is 9.90 Å². The molecule has 1 N–H and O–H groups in total. The highest BCUT2D eigenvalue weighted by atomic mass is 35.5. The molecule has 0 amide bonds. The normalized spacial score (nSPS) is 9.88. The number of carboxylic acid groups (broad SMARTS) is 1. The topological polar surface area (TPSA) is 78.9 Å². The first-order valence-corrected chi connectivity index (χ1v) is 4.98. The predicted octanol–water partition coefficient (Wildman–Crippen LogP) is 2.10. The summed E-state index contributed by atoms with van der Waals surface area (Å²) in [5.74, 6) is -1.13. The summed E-state index contributed by atoms with van der Waals surface area (Å²) in [4.78, 5) is 10.8. The van der Waals surface area contributed by atoms with Crippen molar-refractivity contribution in [2.75, 3.05) is 0 Å². The average Bonchev–Trinajstić information content (AvgIpc) is 2.71. The van der Waals surface area contributed by atoms with Crippen molar-refractivity contribution in [2.24, 2.45) is 0 Å². The summed E-state index contributed by atoms with van der Waals surface area (Å²) >= 11 is 5.88. The molecule has 17 heavy (non-hydrogen) atoms. The van der Waals surface area contributed by atoms with Gasteiger partial charge in [-0.15, -0.1) is 0 Å². The van der Waals surface area contributed by atoms with Gasteiger partial charge in [0.15, 0.2) is 0 Å². The molecule has 1 heterocycles. The first-order valence-electron chi connectivity index (χ1n) is 4.61. The van der Waals surface area contributed by atoms with Gasteiger partial charge >= 0.3 is 5.97 Å². The van der Waals surface area contributed by atoms with Crippen LogP contribution in [0.4, 0.5) is 0 Å². The molecule has 5 nitrogen and oxygen atoms in total. The van der Waals surface area contributed by atoms with Crippen molar-refractivity contribution >= 4 is 17.6 Å². The van der Waals surface area contributed by atoms with Gasteiger partial charge in [-0.25, -0.2) is 9.48 Å². The van der Waals surface area contributed by atoms with E-state index in [0.29, 0.717) is 11.3 Å². The Labute approximate surface area is 101 Å². The number of halogens is 1. The maximum absolute atomic E-state index is 10.8. The Morgan fingerprint density at radius 1 is 1.41 bits per heavy atom. The lowest BCUT2D eigenvalue weighted by atomic mass is 10.2. The highest BCUT2D eigenvalue weighted by Gasteiger charge is 2.15. The molecule has 1 aromatic heterocycles. The largest absolute Gasteiger partial charge is 0.478 e. The Balaban J connectivity index is 2.47. The number of hydrogen-bond donors (Lipinski definition) is 1. The minimum absolute atomic E-state index is 0.0298. The number of aromatic nitrogens is 2. The van der Waals surface area contributed by atoms with Crippen LogP contribution in [0.25, 0.3) is 5.69 Å². The Bertz CT molecular complexity index is 611. The van der Waals surface area contributed by atoms with E-state index in [0.717, 1.165) is 0 Å². The van der Waals surface area contributed by atoms with E-state index < -0.39 is 5.97 Å². The summed E-state index contributed by atoms with van der Waals surface area (Å²) in [6.07, 6.45) is 1.18. The van der Waals surface area contributed by atoms with E-state index in [1.807, 2.05) is 6.07 Å². The van der Waals surface area contributed by atoms with Gasteiger partial charge in [-0.2, -0.15) is 10.4 Å². The van der Waals surface area contributed by atoms with Gasteiger partial charge in [-0.3, -0.25) is 0 Å². The number of nitriles is 1. The fraction of sp³-hybridized carbons (Fsp3) is 0. The maximum atomic E-state index is 10.8. The molecule has 0 saturated heterocycles. The van der Waals surface area contributed by atoms with Crippen LogP contribution in [0.15, 0.2) is 30.5 Å². The van der Waals surface area contributed by atoms with Crippen LogP contribution in [0.1, 0.15) is 15.9 Å². The Kier molecular flexibility index (Phi) is 2.81. The zero-order chi connectivity index (χ0) is 12.4. The number of carboxylic acids is 1. The fourth-order valence-corrected chi connectivity index (χ4v) is 1.61. The zero-order valence-electron chi connectivity index (χ0n) is 8.46. The molecule has 1 aromatic carbocycles. The molecule has 0 atom stereocenters. The molecular weight excluding hydrogens is 242 g/mol. The molecule has 0 aliphatic rings. The number of nitrogens with zero attached hydrogens (tertiary/aromatic N) is 3. The van der Waals surface area contributed by atoms with Crippen LogP contribution in [-0.2, 0) is 0 Å². The Hall–Kier alpha value is -2.32. The Morgan fingerprint density at radius 2 is 2.06 bits per heavy atom. The van der Waals surface area contributed by atoms with Gasteiger partial charge in [-0.1, -0.05) is 11.6 Å². The third-order valence-corrected chi connectivity index (χ3v) is 2.55. The third kappa shape index (κ3) is 1.98. The molecule has 0 aliphatic heterocycles. The predicted molar refractivity (Wildman–Crippen MR) is 60.2 cm³/mol. The standard InChI is InChI=1S/C11H6ClN3O2/c12-10-9(11(16)17)6-14-15(10)8-3-1-7(5-13)2-4-8/h1-4,6H,(H,16,17). The van der Waals surface area contributed by atoms with E-state index in [-0.39, 0.29) is 10.7 Å². The number of carbonyl (C=O) groups is 1. The van der Waals surface area contributed by atoms with Crippen molar-refractivity contribution in [3.05, 3.63) is 46.7 Å².